The molecule has 0 spiro atoms. The van der Waals surface area contributed by atoms with Crippen LogP contribution in [-0.4, -0.2) is 18.0 Å². The highest BCUT2D eigenvalue weighted by atomic mass is 19.1. The van der Waals surface area contributed by atoms with Crippen LogP contribution in [0.1, 0.15) is 10.4 Å². The molecule has 98 valence electrons. The maximum Gasteiger partial charge on any atom is 0.261 e. The topological polar surface area (TPSA) is 51.2 Å². The van der Waals surface area contributed by atoms with Crippen LogP contribution in [0.5, 0.6) is 5.88 Å². The molecule has 0 aliphatic carbocycles. The van der Waals surface area contributed by atoms with Gasteiger partial charge >= 0.3 is 0 Å². The molecule has 4 nitrogen and oxygen atoms in total. The number of rotatable bonds is 3. The lowest BCUT2D eigenvalue weighted by Gasteiger charge is -2.09. The van der Waals surface area contributed by atoms with Gasteiger partial charge < -0.3 is 10.1 Å². The van der Waals surface area contributed by atoms with Gasteiger partial charge in [0, 0.05) is 6.20 Å². The number of amides is 1. The lowest BCUT2D eigenvalue weighted by atomic mass is 10.2. The molecule has 0 atom stereocenters. The van der Waals surface area contributed by atoms with E-state index in [4.69, 9.17) is 4.74 Å². The van der Waals surface area contributed by atoms with Gasteiger partial charge in [-0.05, 0) is 24.3 Å². The minimum absolute atomic E-state index is 0.0803. The number of carbonyl (C=O) groups is 1. The number of para-hydroxylation sites is 1. The molecular weight excluding hydrogens is 254 g/mol. The number of aromatic nitrogens is 1. The van der Waals surface area contributed by atoms with Crippen LogP contribution in [0.4, 0.5) is 14.5 Å². The average Bonchev–Trinajstić information content (AvgIpc) is 2.42. The molecule has 0 aliphatic heterocycles. The number of ether oxygens (including phenoxy) is 1. The molecule has 0 radical (unpaired) electrons. The molecule has 1 amide bonds. The average molecular weight is 264 g/mol. The molecule has 0 saturated heterocycles. The Kier molecular flexibility index (Phi) is 3.70. The van der Waals surface area contributed by atoms with E-state index in [1.807, 2.05) is 0 Å². The van der Waals surface area contributed by atoms with Gasteiger partial charge in [0.05, 0.1) is 7.11 Å². The Labute approximate surface area is 108 Å². The Morgan fingerprint density at radius 2 is 1.89 bits per heavy atom. The fourth-order valence-corrected chi connectivity index (χ4v) is 1.52. The van der Waals surface area contributed by atoms with Crippen LogP contribution in [0.15, 0.2) is 36.5 Å². The van der Waals surface area contributed by atoms with Crippen LogP contribution in [0.25, 0.3) is 0 Å². The molecule has 0 fully saturated rings. The highest BCUT2D eigenvalue weighted by Crippen LogP contribution is 2.21. The van der Waals surface area contributed by atoms with Gasteiger partial charge in [0.1, 0.15) is 22.9 Å². The molecule has 1 heterocycles. The summed E-state index contributed by atoms with van der Waals surface area (Å²) in [5.74, 6) is -2.32. The third kappa shape index (κ3) is 2.67. The van der Waals surface area contributed by atoms with Gasteiger partial charge in [0.2, 0.25) is 5.88 Å². The van der Waals surface area contributed by atoms with E-state index in [1.165, 1.54) is 31.5 Å². The Hall–Kier alpha value is -2.50. The molecule has 0 aliphatic rings. The number of hydrogen-bond acceptors (Lipinski definition) is 3. The van der Waals surface area contributed by atoms with E-state index in [9.17, 15) is 13.6 Å². The van der Waals surface area contributed by atoms with Gasteiger partial charge in [-0.2, -0.15) is 0 Å². The van der Waals surface area contributed by atoms with Crippen molar-refractivity contribution in [3.63, 3.8) is 0 Å². The molecule has 1 aromatic heterocycles. The lowest BCUT2D eigenvalue weighted by Crippen LogP contribution is -2.15. The summed E-state index contributed by atoms with van der Waals surface area (Å²) in [5, 5.41) is 2.16. The van der Waals surface area contributed by atoms with Crippen LogP contribution in [0, 0.1) is 11.6 Å². The summed E-state index contributed by atoms with van der Waals surface area (Å²) in [5.41, 5.74) is -0.411. The number of methoxy groups -OCH3 is 1. The van der Waals surface area contributed by atoms with Crippen molar-refractivity contribution in [2.45, 2.75) is 0 Å². The first-order valence-electron chi connectivity index (χ1n) is 5.38. The summed E-state index contributed by atoms with van der Waals surface area (Å²) in [7, 11) is 1.35. The Balaban J connectivity index is 2.31. The molecule has 1 N–H and O–H groups in total. The standard InChI is InChI=1S/C13H10F2N2O2/c1-19-13-8(4-3-7-16-13)12(18)17-11-9(14)5-2-6-10(11)15/h2-7H,1H3,(H,17,18). The van der Waals surface area contributed by atoms with E-state index in [-0.39, 0.29) is 11.4 Å². The summed E-state index contributed by atoms with van der Waals surface area (Å²) in [4.78, 5) is 15.8. The van der Waals surface area contributed by atoms with Crippen molar-refractivity contribution in [3.8, 4) is 5.88 Å². The number of halogens is 2. The predicted octanol–water partition coefficient (Wildman–Crippen LogP) is 2.62. The molecule has 0 saturated carbocycles. The van der Waals surface area contributed by atoms with E-state index in [2.05, 4.69) is 10.3 Å². The summed E-state index contributed by atoms with van der Waals surface area (Å²) >= 11 is 0. The van der Waals surface area contributed by atoms with E-state index < -0.39 is 23.2 Å². The maximum absolute atomic E-state index is 13.4. The van der Waals surface area contributed by atoms with Crippen molar-refractivity contribution in [1.29, 1.82) is 0 Å². The summed E-state index contributed by atoms with van der Waals surface area (Å²) in [6.45, 7) is 0. The molecule has 0 unspecified atom stereocenters. The van der Waals surface area contributed by atoms with E-state index in [1.54, 1.807) is 0 Å². The number of carbonyl (C=O) groups excluding carboxylic acids is 1. The first-order valence-corrected chi connectivity index (χ1v) is 5.38. The number of hydrogen-bond donors (Lipinski definition) is 1. The van der Waals surface area contributed by atoms with E-state index in [0.29, 0.717) is 0 Å². The van der Waals surface area contributed by atoms with Crippen LogP contribution < -0.4 is 10.1 Å². The minimum Gasteiger partial charge on any atom is -0.480 e. The quantitative estimate of drug-likeness (QED) is 0.927. The second kappa shape index (κ2) is 5.43. The first kappa shape index (κ1) is 12.9. The normalized spacial score (nSPS) is 10.1. The summed E-state index contributed by atoms with van der Waals surface area (Å²) < 4.78 is 31.7. The summed E-state index contributed by atoms with van der Waals surface area (Å²) in [6, 6.07) is 6.29. The second-order valence-electron chi connectivity index (χ2n) is 3.61. The predicted molar refractivity (Wildman–Crippen MR) is 65.1 cm³/mol. The Morgan fingerprint density at radius 3 is 2.53 bits per heavy atom. The van der Waals surface area contributed by atoms with Gasteiger partial charge in [-0.3, -0.25) is 4.79 Å². The molecule has 0 bridgehead atoms. The van der Waals surface area contributed by atoms with E-state index >= 15 is 0 Å². The van der Waals surface area contributed by atoms with Gasteiger partial charge in [-0.25, -0.2) is 13.8 Å². The van der Waals surface area contributed by atoms with Gasteiger partial charge in [-0.1, -0.05) is 6.07 Å². The fraction of sp³-hybridized carbons (Fsp3) is 0.0769. The number of benzene rings is 1. The third-order valence-corrected chi connectivity index (χ3v) is 2.41. The van der Waals surface area contributed by atoms with Crippen LogP contribution in [0.3, 0.4) is 0 Å². The molecule has 19 heavy (non-hydrogen) atoms. The van der Waals surface area contributed by atoms with Crippen molar-refractivity contribution in [1.82, 2.24) is 4.98 Å². The largest absolute Gasteiger partial charge is 0.480 e. The highest BCUT2D eigenvalue weighted by molar-refractivity contribution is 6.05. The van der Waals surface area contributed by atoms with Crippen LogP contribution in [-0.2, 0) is 0 Å². The van der Waals surface area contributed by atoms with Gasteiger partial charge in [0.15, 0.2) is 0 Å². The number of nitrogens with one attached hydrogen (secondary N) is 1. The van der Waals surface area contributed by atoms with Crippen LogP contribution in [0.2, 0.25) is 0 Å². The van der Waals surface area contributed by atoms with E-state index in [0.717, 1.165) is 12.1 Å². The molecule has 1 aromatic carbocycles. The monoisotopic (exact) mass is 264 g/mol. The van der Waals surface area contributed by atoms with Crippen molar-refractivity contribution >= 4 is 11.6 Å². The van der Waals surface area contributed by atoms with Gasteiger partial charge in [0.25, 0.3) is 5.91 Å². The van der Waals surface area contributed by atoms with Crippen molar-refractivity contribution in [2.24, 2.45) is 0 Å². The van der Waals surface area contributed by atoms with Crippen molar-refractivity contribution in [3.05, 3.63) is 53.7 Å². The lowest BCUT2D eigenvalue weighted by molar-refractivity contribution is 0.102. The minimum atomic E-state index is -0.851. The maximum atomic E-state index is 13.4. The zero-order valence-electron chi connectivity index (χ0n) is 9.98. The van der Waals surface area contributed by atoms with Crippen LogP contribution >= 0.6 is 0 Å². The third-order valence-electron chi connectivity index (χ3n) is 2.41. The smallest absolute Gasteiger partial charge is 0.261 e. The molecule has 2 rings (SSSR count). The Morgan fingerprint density at radius 1 is 1.21 bits per heavy atom. The number of nitrogens with zero attached hydrogens (tertiary/aromatic N) is 1. The zero-order chi connectivity index (χ0) is 13.8. The molecular formula is C13H10F2N2O2. The van der Waals surface area contributed by atoms with Crippen molar-refractivity contribution < 1.29 is 18.3 Å². The molecule has 2 aromatic rings. The zero-order valence-corrected chi connectivity index (χ0v) is 9.98. The highest BCUT2D eigenvalue weighted by Gasteiger charge is 2.16. The van der Waals surface area contributed by atoms with Gasteiger partial charge in [-0.15, -0.1) is 0 Å². The number of pyridine rings is 1. The van der Waals surface area contributed by atoms with Crippen molar-refractivity contribution in [2.75, 3.05) is 12.4 Å². The summed E-state index contributed by atoms with van der Waals surface area (Å²) in [6.07, 6.45) is 1.44. The number of anilines is 1. The SMILES string of the molecule is COc1ncccc1C(=O)Nc1c(F)cccc1F. The fourth-order valence-electron chi connectivity index (χ4n) is 1.52. The first-order chi connectivity index (χ1) is 9.13. The second-order valence-corrected chi connectivity index (χ2v) is 3.61. The molecule has 6 heteroatoms. The Bertz CT molecular complexity index is 597.